The molecule has 1 fully saturated rings. The zero-order valence-corrected chi connectivity index (χ0v) is 14.1. The number of anilines is 1. The summed E-state index contributed by atoms with van der Waals surface area (Å²) in [5.41, 5.74) is 0.698. The zero-order valence-electron chi connectivity index (χ0n) is 13.3. The second-order valence-electron chi connectivity index (χ2n) is 5.35. The SMILES string of the molecule is FC(F)Oc1ccc(NC(=S)NCCCOC[C@@H]2CCCO2)cc1. The number of rotatable bonds is 9. The molecule has 0 aromatic heterocycles. The van der Waals surface area contributed by atoms with Gasteiger partial charge >= 0.3 is 6.61 Å². The molecule has 134 valence electrons. The Labute approximate surface area is 145 Å². The van der Waals surface area contributed by atoms with Gasteiger partial charge < -0.3 is 24.8 Å². The lowest BCUT2D eigenvalue weighted by atomic mass is 10.2. The van der Waals surface area contributed by atoms with Gasteiger partial charge in [0, 0.05) is 25.4 Å². The molecule has 0 saturated carbocycles. The van der Waals surface area contributed by atoms with Gasteiger partial charge in [0.25, 0.3) is 0 Å². The van der Waals surface area contributed by atoms with Crippen LogP contribution < -0.4 is 15.4 Å². The van der Waals surface area contributed by atoms with Crippen molar-refractivity contribution in [2.24, 2.45) is 0 Å². The van der Waals surface area contributed by atoms with Crippen molar-refractivity contribution in [3.63, 3.8) is 0 Å². The Morgan fingerprint density at radius 3 is 2.79 bits per heavy atom. The largest absolute Gasteiger partial charge is 0.435 e. The van der Waals surface area contributed by atoms with Crippen molar-refractivity contribution in [2.45, 2.75) is 32.0 Å². The second-order valence-corrected chi connectivity index (χ2v) is 5.76. The molecule has 0 spiro atoms. The van der Waals surface area contributed by atoms with Gasteiger partial charge in [-0.1, -0.05) is 0 Å². The van der Waals surface area contributed by atoms with E-state index in [0.29, 0.717) is 30.6 Å². The van der Waals surface area contributed by atoms with Crippen molar-refractivity contribution in [1.29, 1.82) is 0 Å². The minimum Gasteiger partial charge on any atom is -0.435 e. The average Bonchev–Trinajstić information content (AvgIpc) is 3.05. The lowest BCUT2D eigenvalue weighted by Crippen LogP contribution is -2.30. The third-order valence-corrected chi connectivity index (χ3v) is 3.66. The van der Waals surface area contributed by atoms with Crippen LogP contribution in [0.25, 0.3) is 0 Å². The third-order valence-electron chi connectivity index (χ3n) is 3.42. The van der Waals surface area contributed by atoms with Gasteiger partial charge in [0.05, 0.1) is 12.7 Å². The summed E-state index contributed by atoms with van der Waals surface area (Å²) in [6, 6.07) is 6.15. The number of alkyl halides is 2. The molecule has 0 radical (unpaired) electrons. The van der Waals surface area contributed by atoms with Crippen LogP contribution in [0, 0.1) is 0 Å². The van der Waals surface area contributed by atoms with Crippen molar-refractivity contribution >= 4 is 23.0 Å². The number of ether oxygens (including phenoxy) is 3. The molecule has 1 aromatic rings. The van der Waals surface area contributed by atoms with Gasteiger partial charge in [-0.3, -0.25) is 0 Å². The number of halogens is 2. The number of hydrogen-bond acceptors (Lipinski definition) is 4. The molecule has 2 N–H and O–H groups in total. The van der Waals surface area contributed by atoms with Crippen LogP contribution in [0.2, 0.25) is 0 Å². The molecular formula is C16H22F2N2O3S. The fraction of sp³-hybridized carbons (Fsp3) is 0.562. The summed E-state index contributed by atoms with van der Waals surface area (Å²) in [5, 5.41) is 6.51. The van der Waals surface area contributed by atoms with E-state index >= 15 is 0 Å². The Bertz CT molecular complexity index is 497. The summed E-state index contributed by atoms with van der Waals surface area (Å²) in [4.78, 5) is 0. The van der Waals surface area contributed by atoms with Crippen LogP contribution in [0.1, 0.15) is 19.3 Å². The first-order valence-electron chi connectivity index (χ1n) is 7.92. The van der Waals surface area contributed by atoms with Crippen LogP contribution in [0.4, 0.5) is 14.5 Å². The molecule has 1 aliphatic heterocycles. The first-order valence-corrected chi connectivity index (χ1v) is 8.33. The first kappa shape index (κ1) is 18.8. The van der Waals surface area contributed by atoms with Gasteiger partial charge in [-0.25, -0.2) is 0 Å². The topological polar surface area (TPSA) is 51.8 Å². The molecule has 0 amide bonds. The van der Waals surface area contributed by atoms with Gasteiger partial charge in [-0.05, 0) is 55.7 Å². The van der Waals surface area contributed by atoms with Crippen molar-refractivity contribution < 1.29 is 23.0 Å². The van der Waals surface area contributed by atoms with Gasteiger partial charge in [0.15, 0.2) is 5.11 Å². The molecule has 1 saturated heterocycles. The Morgan fingerprint density at radius 1 is 1.33 bits per heavy atom. The van der Waals surface area contributed by atoms with E-state index < -0.39 is 6.61 Å². The molecule has 1 aromatic carbocycles. The highest BCUT2D eigenvalue weighted by atomic mass is 32.1. The molecule has 24 heavy (non-hydrogen) atoms. The van der Waals surface area contributed by atoms with Crippen LogP contribution in [-0.4, -0.2) is 44.2 Å². The Hall–Kier alpha value is -1.51. The highest BCUT2D eigenvalue weighted by Gasteiger charge is 2.14. The normalized spacial score (nSPS) is 17.0. The van der Waals surface area contributed by atoms with Crippen molar-refractivity contribution in [2.75, 3.05) is 31.7 Å². The van der Waals surface area contributed by atoms with E-state index in [-0.39, 0.29) is 11.9 Å². The molecule has 1 heterocycles. The lowest BCUT2D eigenvalue weighted by Gasteiger charge is -2.12. The molecule has 8 heteroatoms. The van der Waals surface area contributed by atoms with Crippen LogP contribution in [-0.2, 0) is 9.47 Å². The van der Waals surface area contributed by atoms with Crippen LogP contribution in [0.5, 0.6) is 5.75 Å². The maximum atomic E-state index is 12.1. The molecule has 0 aliphatic carbocycles. The van der Waals surface area contributed by atoms with E-state index in [1.165, 1.54) is 12.1 Å². The number of nitrogens with one attached hydrogen (secondary N) is 2. The van der Waals surface area contributed by atoms with Crippen LogP contribution in [0.15, 0.2) is 24.3 Å². The van der Waals surface area contributed by atoms with E-state index in [0.717, 1.165) is 25.9 Å². The van der Waals surface area contributed by atoms with Crippen molar-refractivity contribution in [1.82, 2.24) is 5.32 Å². The van der Waals surface area contributed by atoms with E-state index in [1.807, 2.05) is 0 Å². The van der Waals surface area contributed by atoms with E-state index in [9.17, 15) is 8.78 Å². The monoisotopic (exact) mass is 360 g/mol. The minimum absolute atomic E-state index is 0.109. The smallest absolute Gasteiger partial charge is 0.387 e. The van der Waals surface area contributed by atoms with Gasteiger partial charge in [-0.2, -0.15) is 8.78 Å². The summed E-state index contributed by atoms with van der Waals surface area (Å²) in [6.07, 6.45) is 3.27. The fourth-order valence-corrected chi connectivity index (χ4v) is 2.48. The average molecular weight is 360 g/mol. The highest BCUT2D eigenvalue weighted by Crippen LogP contribution is 2.17. The second kappa shape index (κ2) is 10.4. The molecule has 0 unspecified atom stereocenters. The van der Waals surface area contributed by atoms with E-state index in [2.05, 4.69) is 15.4 Å². The fourth-order valence-electron chi connectivity index (χ4n) is 2.26. The summed E-state index contributed by atoms with van der Waals surface area (Å²) in [7, 11) is 0. The lowest BCUT2D eigenvalue weighted by molar-refractivity contribution is -0.0498. The summed E-state index contributed by atoms with van der Waals surface area (Å²) in [5.74, 6) is 0.109. The number of hydrogen-bond donors (Lipinski definition) is 2. The molecule has 2 rings (SSSR count). The Balaban J connectivity index is 1.54. The van der Waals surface area contributed by atoms with Crippen molar-refractivity contribution in [3.8, 4) is 5.75 Å². The van der Waals surface area contributed by atoms with E-state index in [4.69, 9.17) is 21.7 Å². The summed E-state index contributed by atoms with van der Waals surface area (Å²) < 4.78 is 39.4. The maximum absolute atomic E-state index is 12.1. The zero-order chi connectivity index (χ0) is 17.2. The number of thiocarbonyl (C=S) groups is 1. The molecular weight excluding hydrogens is 338 g/mol. The maximum Gasteiger partial charge on any atom is 0.387 e. The quantitative estimate of drug-likeness (QED) is 0.521. The van der Waals surface area contributed by atoms with E-state index in [1.54, 1.807) is 12.1 Å². The first-order chi connectivity index (χ1) is 11.6. The van der Waals surface area contributed by atoms with Gasteiger partial charge in [-0.15, -0.1) is 0 Å². The van der Waals surface area contributed by atoms with Crippen LogP contribution >= 0.6 is 12.2 Å². The third kappa shape index (κ3) is 7.37. The minimum atomic E-state index is -2.82. The predicted molar refractivity (Wildman–Crippen MR) is 91.7 cm³/mol. The summed E-state index contributed by atoms with van der Waals surface area (Å²) in [6.45, 7) is -0.00598. The molecule has 0 bridgehead atoms. The van der Waals surface area contributed by atoms with Crippen LogP contribution in [0.3, 0.4) is 0 Å². The highest BCUT2D eigenvalue weighted by molar-refractivity contribution is 7.80. The van der Waals surface area contributed by atoms with Crippen molar-refractivity contribution in [3.05, 3.63) is 24.3 Å². The molecule has 5 nitrogen and oxygen atoms in total. The number of benzene rings is 1. The standard InChI is InChI=1S/C16H22F2N2O3S/c17-15(18)23-13-6-4-12(5-7-13)20-16(24)19-8-2-9-21-11-14-3-1-10-22-14/h4-7,14-15H,1-3,8-11H2,(H2,19,20,24)/t14-/m0/s1. The molecule has 1 atom stereocenters. The predicted octanol–water partition coefficient (Wildman–Crippen LogP) is 3.16. The molecule has 1 aliphatic rings. The van der Waals surface area contributed by atoms with Gasteiger partial charge in [0.2, 0.25) is 0 Å². The Morgan fingerprint density at radius 2 is 2.12 bits per heavy atom. The summed E-state index contributed by atoms with van der Waals surface area (Å²) >= 11 is 5.17. The Kier molecular flexibility index (Phi) is 8.14. The van der Waals surface area contributed by atoms with Gasteiger partial charge in [0.1, 0.15) is 5.75 Å².